The highest BCUT2D eigenvalue weighted by atomic mass is 16.4. The van der Waals surface area contributed by atoms with Crippen molar-refractivity contribution in [2.45, 2.75) is 25.1 Å². The number of carboxylic acid groups (broad SMARTS) is 1. The first-order valence-electron chi connectivity index (χ1n) is 5.94. The van der Waals surface area contributed by atoms with Gasteiger partial charge in [-0.15, -0.1) is 0 Å². The maximum Gasteiger partial charge on any atom is 0.321 e. The van der Waals surface area contributed by atoms with Gasteiger partial charge >= 0.3 is 5.97 Å². The molecule has 1 aliphatic rings. The van der Waals surface area contributed by atoms with Crippen LogP contribution < -0.4 is 0 Å². The van der Waals surface area contributed by atoms with Gasteiger partial charge in [0.15, 0.2) is 0 Å². The number of benzene rings is 1. The van der Waals surface area contributed by atoms with E-state index < -0.39 is 18.1 Å². The Kier molecular flexibility index (Phi) is 3.96. The van der Waals surface area contributed by atoms with Gasteiger partial charge in [0.25, 0.3) is 0 Å². The monoisotopic (exact) mass is 251 g/mol. The van der Waals surface area contributed by atoms with Crippen LogP contribution in [-0.2, 0) is 17.8 Å². The van der Waals surface area contributed by atoms with Gasteiger partial charge in [0, 0.05) is 13.1 Å². The van der Waals surface area contributed by atoms with Crippen LogP contribution in [-0.4, -0.2) is 51.5 Å². The van der Waals surface area contributed by atoms with Crippen molar-refractivity contribution in [2.24, 2.45) is 0 Å². The molecule has 2 atom stereocenters. The molecule has 0 saturated carbocycles. The van der Waals surface area contributed by atoms with Crippen LogP contribution in [0.4, 0.5) is 0 Å². The molecule has 0 spiro atoms. The van der Waals surface area contributed by atoms with Gasteiger partial charge in [-0.2, -0.15) is 0 Å². The Morgan fingerprint density at radius 2 is 2.06 bits per heavy atom. The summed E-state index contributed by atoms with van der Waals surface area (Å²) in [5.41, 5.74) is 2.12. The largest absolute Gasteiger partial charge is 0.480 e. The molecule has 2 unspecified atom stereocenters. The molecule has 5 heteroatoms. The van der Waals surface area contributed by atoms with Gasteiger partial charge in [0.1, 0.15) is 6.04 Å². The second kappa shape index (κ2) is 5.48. The summed E-state index contributed by atoms with van der Waals surface area (Å²) in [6, 6.07) is 7.08. The van der Waals surface area contributed by atoms with E-state index in [-0.39, 0.29) is 13.2 Å². The molecule has 0 amide bonds. The SMILES string of the molecule is O=C(O)C1Cc2ccccc2CN1CC(O)CO. The Morgan fingerprint density at radius 1 is 1.39 bits per heavy atom. The third kappa shape index (κ3) is 2.69. The molecule has 0 aromatic heterocycles. The lowest BCUT2D eigenvalue weighted by Crippen LogP contribution is -2.48. The summed E-state index contributed by atoms with van der Waals surface area (Å²) < 4.78 is 0. The van der Waals surface area contributed by atoms with Gasteiger partial charge in [-0.25, -0.2) is 0 Å². The van der Waals surface area contributed by atoms with Crippen LogP contribution >= 0.6 is 0 Å². The van der Waals surface area contributed by atoms with Crippen molar-refractivity contribution in [1.29, 1.82) is 0 Å². The Morgan fingerprint density at radius 3 is 2.67 bits per heavy atom. The molecule has 1 aliphatic heterocycles. The second-order valence-corrected chi connectivity index (χ2v) is 4.59. The van der Waals surface area contributed by atoms with Gasteiger partial charge in [-0.3, -0.25) is 9.69 Å². The van der Waals surface area contributed by atoms with E-state index in [0.29, 0.717) is 13.0 Å². The topological polar surface area (TPSA) is 81.0 Å². The Labute approximate surface area is 105 Å². The normalized spacial score (nSPS) is 21.3. The van der Waals surface area contributed by atoms with Crippen molar-refractivity contribution in [1.82, 2.24) is 4.90 Å². The summed E-state index contributed by atoms with van der Waals surface area (Å²) in [7, 11) is 0. The second-order valence-electron chi connectivity index (χ2n) is 4.59. The number of β-amino-alcohol motifs (C(OH)–C–C–N with tert-alkyl or cyclic N) is 1. The van der Waals surface area contributed by atoms with Crippen molar-refractivity contribution in [3.63, 3.8) is 0 Å². The minimum absolute atomic E-state index is 0.168. The molecule has 3 N–H and O–H groups in total. The van der Waals surface area contributed by atoms with Gasteiger partial charge in [-0.05, 0) is 17.5 Å². The van der Waals surface area contributed by atoms with E-state index in [1.807, 2.05) is 24.3 Å². The van der Waals surface area contributed by atoms with Crippen molar-refractivity contribution in [3.05, 3.63) is 35.4 Å². The lowest BCUT2D eigenvalue weighted by atomic mass is 9.94. The van der Waals surface area contributed by atoms with E-state index in [2.05, 4.69) is 0 Å². The van der Waals surface area contributed by atoms with E-state index in [4.69, 9.17) is 5.11 Å². The van der Waals surface area contributed by atoms with E-state index in [9.17, 15) is 15.0 Å². The van der Waals surface area contributed by atoms with E-state index in [1.54, 1.807) is 4.90 Å². The summed E-state index contributed by atoms with van der Waals surface area (Å²) in [5.74, 6) is -0.894. The van der Waals surface area contributed by atoms with Gasteiger partial charge < -0.3 is 15.3 Å². The van der Waals surface area contributed by atoms with Crippen LogP contribution in [0, 0.1) is 0 Å². The van der Waals surface area contributed by atoms with Gasteiger partial charge in [0.05, 0.1) is 12.7 Å². The zero-order valence-electron chi connectivity index (χ0n) is 9.99. The number of aliphatic hydroxyl groups excluding tert-OH is 2. The minimum Gasteiger partial charge on any atom is -0.480 e. The van der Waals surface area contributed by atoms with Crippen molar-refractivity contribution in [2.75, 3.05) is 13.2 Å². The van der Waals surface area contributed by atoms with E-state index >= 15 is 0 Å². The summed E-state index contributed by atoms with van der Waals surface area (Å²) in [6.45, 7) is 0.302. The van der Waals surface area contributed by atoms with Crippen molar-refractivity contribution in [3.8, 4) is 0 Å². The highest BCUT2D eigenvalue weighted by Gasteiger charge is 2.32. The number of carbonyl (C=O) groups is 1. The molecule has 0 aliphatic carbocycles. The highest BCUT2D eigenvalue weighted by molar-refractivity contribution is 5.74. The van der Waals surface area contributed by atoms with Crippen LogP contribution in [0.1, 0.15) is 11.1 Å². The summed E-state index contributed by atoms with van der Waals surface area (Å²) >= 11 is 0. The molecule has 5 nitrogen and oxygen atoms in total. The Hall–Kier alpha value is -1.43. The number of carboxylic acids is 1. The van der Waals surface area contributed by atoms with E-state index in [0.717, 1.165) is 11.1 Å². The van der Waals surface area contributed by atoms with Crippen LogP contribution in [0.25, 0.3) is 0 Å². The van der Waals surface area contributed by atoms with Gasteiger partial charge in [0.2, 0.25) is 0 Å². The third-order valence-electron chi connectivity index (χ3n) is 3.29. The molecule has 0 bridgehead atoms. The fourth-order valence-corrected chi connectivity index (χ4v) is 2.34. The summed E-state index contributed by atoms with van der Waals surface area (Å²) in [6.07, 6.45) is -0.471. The number of nitrogens with zero attached hydrogens (tertiary/aromatic N) is 1. The predicted octanol–water partition coefficient (Wildman–Crippen LogP) is -0.149. The average molecular weight is 251 g/mol. The van der Waals surface area contributed by atoms with Crippen molar-refractivity contribution >= 4 is 5.97 Å². The zero-order chi connectivity index (χ0) is 13.1. The van der Waals surface area contributed by atoms with Gasteiger partial charge in [-0.1, -0.05) is 24.3 Å². The molecule has 1 aromatic carbocycles. The molecule has 98 valence electrons. The Balaban J connectivity index is 2.20. The van der Waals surface area contributed by atoms with Crippen LogP contribution in [0.2, 0.25) is 0 Å². The molecular weight excluding hydrogens is 234 g/mol. The molecule has 18 heavy (non-hydrogen) atoms. The molecular formula is C13H17NO4. The van der Waals surface area contributed by atoms with E-state index in [1.165, 1.54) is 0 Å². The zero-order valence-corrected chi connectivity index (χ0v) is 9.99. The first-order chi connectivity index (χ1) is 8.61. The smallest absolute Gasteiger partial charge is 0.321 e. The molecule has 0 radical (unpaired) electrons. The number of aliphatic hydroxyl groups is 2. The van der Waals surface area contributed by atoms with Crippen LogP contribution in [0.15, 0.2) is 24.3 Å². The third-order valence-corrected chi connectivity index (χ3v) is 3.29. The number of hydrogen-bond donors (Lipinski definition) is 3. The lowest BCUT2D eigenvalue weighted by Gasteiger charge is -2.35. The summed E-state index contributed by atoms with van der Waals surface area (Å²) in [5, 5.41) is 27.6. The average Bonchev–Trinajstić information content (AvgIpc) is 2.37. The van der Waals surface area contributed by atoms with Crippen LogP contribution in [0.3, 0.4) is 0 Å². The fourth-order valence-electron chi connectivity index (χ4n) is 2.34. The molecule has 0 saturated heterocycles. The van der Waals surface area contributed by atoms with Crippen LogP contribution in [0.5, 0.6) is 0 Å². The standard InChI is InChI=1S/C13H17NO4/c15-8-11(16)7-14-6-10-4-2-1-3-9(10)5-12(14)13(17)18/h1-4,11-12,15-16H,5-8H2,(H,17,18). The molecule has 2 rings (SSSR count). The number of hydrogen-bond acceptors (Lipinski definition) is 4. The first-order valence-corrected chi connectivity index (χ1v) is 5.94. The minimum atomic E-state index is -0.905. The highest BCUT2D eigenvalue weighted by Crippen LogP contribution is 2.23. The summed E-state index contributed by atoms with van der Waals surface area (Å²) in [4.78, 5) is 13.0. The first kappa shape index (κ1) is 13.0. The molecule has 1 heterocycles. The number of aliphatic carboxylic acids is 1. The van der Waals surface area contributed by atoms with Crippen molar-refractivity contribution < 1.29 is 20.1 Å². The number of rotatable bonds is 4. The quantitative estimate of drug-likeness (QED) is 0.693. The molecule has 1 aromatic rings. The number of fused-ring (bicyclic) bond motifs is 1. The predicted molar refractivity (Wildman–Crippen MR) is 65.1 cm³/mol. The fraction of sp³-hybridized carbons (Fsp3) is 0.462. The maximum atomic E-state index is 11.3. The Bertz CT molecular complexity index is 435. The maximum absolute atomic E-state index is 11.3. The molecule has 0 fully saturated rings. The lowest BCUT2D eigenvalue weighted by molar-refractivity contribution is -0.144.